The molecule has 2 rings (SSSR count). The fourth-order valence-electron chi connectivity index (χ4n) is 1.90. The standard InChI is InChI=1S/C10H19NO5S/c12-4-6-16-10-7-15-5-3-9(10)11-17(13,14)8-1-2-8/h8-12H,1-7H2/t9-,10-/m1/s1. The highest BCUT2D eigenvalue weighted by atomic mass is 32.2. The molecule has 0 unspecified atom stereocenters. The molecule has 2 atom stereocenters. The van der Waals surface area contributed by atoms with Crippen LogP contribution in [0.1, 0.15) is 19.3 Å². The van der Waals surface area contributed by atoms with Gasteiger partial charge in [-0.15, -0.1) is 0 Å². The van der Waals surface area contributed by atoms with Crippen molar-refractivity contribution < 1.29 is 23.0 Å². The summed E-state index contributed by atoms with van der Waals surface area (Å²) in [6.45, 7) is 1.04. The number of sulfonamides is 1. The molecule has 0 aromatic rings. The monoisotopic (exact) mass is 265 g/mol. The largest absolute Gasteiger partial charge is 0.394 e. The van der Waals surface area contributed by atoms with Gasteiger partial charge in [0.2, 0.25) is 10.0 Å². The van der Waals surface area contributed by atoms with Crippen LogP contribution in [-0.2, 0) is 19.5 Å². The Bertz CT molecular complexity index is 341. The molecule has 1 aliphatic heterocycles. The first-order valence-electron chi connectivity index (χ1n) is 5.95. The van der Waals surface area contributed by atoms with Gasteiger partial charge in [0.05, 0.1) is 37.2 Å². The molecule has 2 aliphatic rings. The van der Waals surface area contributed by atoms with Gasteiger partial charge < -0.3 is 14.6 Å². The summed E-state index contributed by atoms with van der Waals surface area (Å²) < 4.78 is 37.0. The molecule has 6 nitrogen and oxygen atoms in total. The van der Waals surface area contributed by atoms with E-state index in [1.165, 1.54) is 0 Å². The summed E-state index contributed by atoms with van der Waals surface area (Å²) in [5.74, 6) is 0. The smallest absolute Gasteiger partial charge is 0.214 e. The molecule has 0 radical (unpaired) electrons. The van der Waals surface area contributed by atoms with Crippen molar-refractivity contribution in [1.82, 2.24) is 4.72 Å². The van der Waals surface area contributed by atoms with E-state index in [9.17, 15) is 8.42 Å². The van der Waals surface area contributed by atoms with Gasteiger partial charge in [-0.25, -0.2) is 13.1 Å². The summed E-state index contributed by atoms with van der Waals surface area (Å²) in [6.07, 6.45) is 1.81. The van der Waals surface area contributed by atoms with Gasteiger partial charge in [-0.3, -0.25) is 0 Å². The van der Waals surface area contributed by atoms with Crippen LogP contribution >= 0.6 is 0 Å². The number of aliphatic hydroxyl groups is 1. The quantitative estimate of drug-likeness (QED) is 0.659. The normalized spacial score (nSPS) is 30.4. The van der Waals surface area contributed by atoms with Gasteiger partial charge in [0.25, 0.3) is 0 Å². The van der Waals surface area contributed by atoms with Crippen LogP contribution in [0, 0.1) is 0 Å². The third-order valence-corrected chi connectivity index (χ3v) is 4.99. The van der Waals surface area contributed by atoms with Gasteiger partial charge in [-0.05, 0) is 19.3 Å². The lowest BCUT2D eigenvalue weighted by molar-refractivity contribution is -0.0714. The van der Waals surface area contributed by atoms with Gasteiger partial charge in [-0.1, -0.05) is 0 Å². The molecule has 0 spiro atoms. The Labute approximate surface area is 101 Å². The predicted molar refractivity (Wildman–Crippen MR) is 61.1 cm³/mol. The van der Waals surface area contributed by atoms with Crippen molar-refractivity contribution in [1.29, 1.82) is 0 Å². The Morgan fingerprint density at radius 2 is 2.12 bits per heavy atom. The van der Waals surface area contributed by atoms with Crippen molar-refractivity contribution in [3.8, 4) is 0 Å². The van der Waals surface area contributed by atoms with Crippen molar-refractivity contribution >= 4 is 10.0 Å². The first kappa shape index (κ1) is 13.2. The topological polar surface area (TPSA) is 84.9 Å². The lowest BCUT2D eigenvalue weighted by Gasteiger charge is -2.31. The molecule has 0 aromatic heterocycles. The van der Waals surface area contributed by atoms with Crippen LogP contribution in [0.3, 0.4) is 0 Å². The van der Waals surface area contributed by atoms with E-state index in [1.54, 1.807) is 0 Å². The number of hydrogen-bond donors (Lipinski definition) is 2. The van der Waals surface area contributed by atoms with Crippen LogP contribution in [0.15, 0.2) is 0 Å². The Morgan fingerprint density at radius 1 is 1.35 bits per heavy atom. The number of aliphatic hydroxyl groups excluding tert-OH is 1. The minimum atomic E-state index is -3.19. The van der Waals surface area contributed by atoms with Gasteiger partial charge in [0.1, 0.15) is 0 Å². The summed E-state index contributed by atoms with van der Waals surface area (Å²) in [5, 5.41) is 8.49. The third-order valence-electron chi connectivity index (χ3n) is 3.01. The fourth-order valence-corrected chi connectivity index (χ4v) is 3.54. The van der Waals surface area contributed by atoms with Crippen LogP contribution in [0.4, 0.5) is 0 Å². The van der Waals surface area contributed by atoms with E-state index in [4.69, 9.17) is 14.6 Å². The lowest BCUT2D eigenvalue weighted by Crippen LogP contribution is -2.50. The van der Waals surface area contributed by atoms with Gasteiger partial charge >= 0.3 is 0 Å². The van der Waals surface area contributed by atoms with Crippen molar-refractivity contribution in [3.05, 3.63) is 0 Å². The molecule has 1 saturated carbocycles. The molecule has 1 heterocycles. The molecule has 0 aromatic carbocycles. The second-order valence-corrected chi connectivity index (χ2v) is 6.46. The summed E-state index contributed by atoms with van der Waals surface area (Å²) in [6, 6.07) is -0.235. The molecule has 7 heteroatoms. The third kappa shape index (κ3) is 3.62. The Morgan fingerprint density at radius 3 is 2.76 bits per heavy atom. The van der Waals surface area contributed by atoms with Crippen molar-refractivity contribution in [2.45, 2.75) is 36.7 Å². The average molecular weight is 265 g/mol. The first-order valence-corrected chi connectivity index (χ1v) is 7.49. The Kier molecular flexibility index (Phi) is 4.37. The summed E-state index contributed by atoms with van der Waals surface area (Å²) in [5.41, 5.74) is 0. The maximum Gasteiger partial charge on any atom is 0.214 e. The minimum Gasteiger partial charge on any atom is -0.394 e. The van der Waals surface area contributed by atoms with E-state index in [-0.39, 0.29) is 30.6 Å². The maximum absolute atomic E-state index is 11.8. The van der Waals surface area contributed by atoms with Crippen LogP contribution in [-0.4, -0.2) is 57.3 Å². The SMILES string of the molecule is O=S(=O)(N[C@@H]1CCOC[C@H]1OCCO)C1CC1. The van der Waals surface area contributed by atoms with Crippen molar-refractivity contribution in [3.63, 3.8) is 0 Å². The highest BCUT2D eigenvalue weighted by Gasteiger charge is 2.39. The molecule has 1 aliphatic carbocycles. The summed E-state index contributed by atoms with van der Waals surface area (Å²) in [7, 11) is -3.19. The molecule has 17 heavy (non-hydrogen) atoms. The lowest BCUT2D eigenvalue weighted by atomic mass is 10.1. The summed E-state index contributed by atoms with van der Waals surface area (Å²) in [4.78, 5) is 0. The van der Waals surface area contributed by atoms with Gasteiger partial charge in [0.15, 0.2) is 0 Å². The molecule has 100 valence electrons. The van der Waals surface area contributed by atoms with Gasteiger partial charge in [-0.2, -0.15) is 0 Å². The zero-order valence-corrected chi connectivity index (χ0v) is 10.5. The van der Waals surface area contributed by atoms with E-state index in [1.807, 2.05) is 0 Å². The van der Waals surface area contributed by atoms with Crippen molar-refractivity contribution in [2.24, 2.45) is 0 Å². The second-order valence-electron chi connectivity index (χ2n) is 4.47. The second kappa shape index (κ2) is 5.62. The van der Waals surface area contributed by atoms with E-state index in [0.29, 0.717) is 19.6 Å². The Hall–Kier alpha value is -0.210. The zero-order chi connectivity index (χ0) is 12.3. The van der Waals surface area contributed by atoms with E-state index >= 15 is 0 Å². The molecule has 1 saturated heterocycles. The number of hydrogen-bond acceptors (Lipinski definition) is 5. The highest BCUT2D eigenvalue weighted by molar-refractivity contribution is 7.90. The molecule has 2 fully saturated rings. The van der Waals surface area contributed by atoms with E-state index in [2.05, 4.69) is 4.72 Å². The fraction of sp³-hybridized carbons (Fsp3) is 1.00. The number of nitrogens with one attached hydrogen (secondary N) is 1. The van der Waals surface area contributed by atoms with Crippen LogP contribution in [0.5, 0.6) is 0 Å². The maximum atomic E-state index is 11.8. The summed E-state index contributed by atoms with van der Waals surface area (Å²) >= 11 is 0. The van der Waals surface area contributed by atoms with Crippen LogP contribution in [0.2, 0.25) is 0 Å². The average Bonchev–Trinajstić information content (AvgIpc) is 3.11. The minimum absolute atomic E-state index is 0.0708. The molecule has 0 bridgehead atoms. The van der Waals surface area contributed by atoms with Crippen LogP contribution < -0.4 is 4.72 Å². The van der Waals surface area contributed by atoms with Gasteiger partial charge in [0, 0.05) is 6.61 Å². The van der Waals surface area contributed by atoms with Crippen molar-refractivity contribution in [2.75, 3.05) is 26.4 Å². The molecule has 0 amide bonds. The molecular formula is C10H19NO5S. The highest BCUT2D eigenvalue weighted by Crippen LogP contribution is 2.28. The Balaban J connectivity index is 1.91. The first-order chi connectivity index (χ1) is 8.13. The zero-order valence-electron chi connectivity index (χ0n) is 9.67. The van der Waals surface area contributed by atoms with E-state index in [0.717, 1.165) is 12.8 Å². The van der Waals surface area contributed by atoms with E-state index < -0.39 is 10.0 Å². The predicted octanol–water partition coefficient (Wildman–Crippen LogP) is -0.765. The number of rotatable bonds is 6. The van der Waals surface area contributed by atoms with Crippen LogP contribution in [0.25, 0.3) is 0 Å². The molecular weight excluding hydrogens is 246 g/mol. The number of ether oxygens (including phenoxy) is 2. The molecule has 2 N–H and O–H groups in total.